The third-order valence-electron chi connectivity index (χ3n) is 7.00. The van der Waals surface area contributed by atoms with E-state index in [1.165, 1.54) is 23.3 Å². The Bertz CT molecular complexity index is 1230. The number of aromatic nitrogens is 5. The Balaban J connectivity index is 1.47. The maximum absolute atomic E-state index is 12.9. The van der Waals surface area contributed by atoms with Crippen LogP contribution in [0.1, 0.15) is 54.7 Å². The zero-order valence-electron chi connectivity index (χ0n) is 20.2. The van der Waals surface area contributed by atoms with Crippen LogP contribution >= 0.6 is 0 Å². The highest BCUT2D eigenvalue weighted by Crippen LogP contribution is 2.48. The first kappa shape index (κ1) is 24.2. The first-order chi connectivity index (χ1) is 17.2. The van der Waals surface area contributed by atoms with Crippen molar-refractivity contribution in [2.75, 3.05) is 4.90 Å². The standard InChI is InChI=1S/C25H27F3N6O2/c1-14(2)8-19-16-10-21(22(11-16)36-23-5-4-17(12-29-23)25(26,27)28)33(19)24-15(3)9-20(18(13-35)32-24)34-30-6-7-31-34/h4-7,9,12-14,16,19,21-22H,8,10-11H2,1-3H3/t16-,19-,21+,22-/m1/s1. The van der Waals surface area contributed by atoms with Gasteiger partial charge in [0.05, 0.1) is 24.0 Å². The monoisotopic (exact) mass is 500 g/mol. The minimum atomic E-state index is -4.45. The van der Waals surface area contributed by atoms with E-state index in [4.69, 9.17) is 9.72 Å². The van der Waals surface area contributed by atoms with Crippen molar-refractivity contribution < 1.29 is 22.7 Å². The molecule has 36 heavy (non-hydrogen) atoms. The Morgan fingerprint density at radius 1 is 1.19 bits per heavy atom. The smallest absolute Gasteiger partial charge is 0.417 e. The fraction of sp³-hybridized carbons (Fsp3) is 0.480. The molecule has 2 aliphatic rings. The molecule has 8 nitrogen and oxygen atoms in total. The molecule has 0 unspecified atom stereocenters. The summed E-state index contributed by atoms with van der Waals surface area (Å²) < 4.78 is 44.9. The quantitative estimate of drug-likeness (QED) is 0.436. The Labute approximate surface area is 206 Å². The first-order valence-electron chi connectivity index (χ1n) is 12.0. The number of carbonyl (C=O) groups is 1. The summed E-state index contributed by atoms with van der Waals surface area (Å²) in [4.78, 5) is 24.2. The van der Waals surface area contributed by atoms with Crippen LogP contribution in [0.4, 0.5) is 19.0 Å². The molecule has 1 saturated heterocycles. The summed E-state index contributed by atoms with van der Waals surface area (Å²) >= 11 is 0. The highest BCUT2D eigenvalue weighted by molar-refractivity contribution is 5.79. The number of ether oxygens (including phenoxy) is 1. The van der Waals surface area contributed by atoms with Gasteiger partial charge < -0.3 is 9.64 Å². The highest BCUT2D eigenvalue weighted by atomic mass is 19.4. The molecule has 190 valence electrons. The number of alkyl halides is 3. The van der Waals surface area contributed by atoms with Crippen LogP contribution in [0, 0.1) is 18.8 Å². The summed E-state index contributed by atoms with van der Waals surface area (Å²) in [5, 5.41) is 8.26. The molecule has 2 bridgehead atoms. The third-order valence-corrected chi connectivity index (χ3v) is 7.00. The van der Waals surface area contributed by atoms with Gasteiger partial charge in [-0.15, -0.1) is 4.80 Å². The van der Waals surface area contributed by atoms with Crippen LogP contribution < -0.4 is 9.64 Å². The van der Waals surface area contributed by atoms with Gasteiger partial charge in [0.1, 0.15) is 23.3 Å². The second-order valence-electron chi connectivity index (χ2n) is 9.91. The number of nitrogens with zero attached hydrogens (tertiary/aromatic N) is 6. The molecule has 2 fully saturated rings. The van der Waals surface area contributed by atoms with Gasteiger partial charge in [-0.25, -0.2) is 9.97 Å². The molecule has 11 heteroatoms. The lowest BCUT2D eigenvalue weighted by Crippen LogP contribution is -2.50. The number of hydrogen-bond donors (Lipinski definition) is 0. The highest BCUT2D eigenvalue weighted by Gasteiger charge is 2.53. The summed E-state index contributed by atoms with van der Waals surface area (Å²) in [6.07, 6.45) is 2.48. The largest absolute Gasteiger partial charge is 0.472 e. The van der Waals surface area contributed by atoms with Crippen molar-refractivity contribution in [1.82, 2.24) is 25.0 Å². The van der Waals surface area contributed by atoms with Gasteiger partial charge in [0, 0.05) is 18.3 Å². The molecular formula is C25H27F3N6O2. The van der Waals surface area contributed by atoms with E-state index in [1.54, 1.807) is 0 Å². The molecule has 4 atom stereocenters. The second-order valence-corrected chi connectivity index (χ2v) is 9.91. The van der Waals surface area contributed by atoms with Crippen LogP contribution in [-0.2, 0) is 6.18 Å². The first-order valence-corrected chi connectivity index (χ1v) is 12.0. The number of fused-ring (bicyclic) bond motifs is 2. The lowest BCUT2D eigenvalue weighted by molar-refractivity contribution is -0.137. The lowest BCUT2D eigenvalue weighted by atomic mass is 9.90. The van der Waals surface area contributed by atoms with Gasteiger partial charge in [0.2, 0.25) is 5.88 Å². The van der Waals surface area contributed by atoms with Gasteiger partial charge in [-0.2, -0.15) is 23.4 Å². The molecule has 3 aromatic heterocycles. The number of aryl methyl sites for hydroxylation is 1. The zero-order chi connectivity index (χ0) is 25.6. The van der Waals surface area contributed by atoms with Gasteiger partial charge in [-0.05, 0) is 55.7 Å². The fourth-order valence-corrected chi connectivity index (χ4v) is 5.55. The van der Waals surface area contributed by atoms with E-state index in [-0.39, 0.29) is 29.8 Å². The number of aldehydes is 1. The fourth-order valence-electron chi connectivity index (χ4n) is 5.55. The van der Waals surface area contributed by atoms with Gasteiger partial charge in [-0.1, -0.05) is 13.8 Å². The minimum Gasteiger partial charge on any atom is -0.472 e. The maximum Gasteiger partial charge on any atom is 0.417 e. The predicted molar refractivity (Wildman–Crippen MR) is 125 cm³/mol. The minimum absolute atomic E-state index is 0.0396. The molecule has 0 aromatic carbocycles. The SMILES string of the molecule is Cc1cc(-n2nccn2)c(C=O)nc1N1[C@H](CC(C)C)[C@H]2C[C@@H](Oc3ccc(C(F)(F)F)cn3)[C@@H]1C2. The lowest BCUT2D eigenvalue weighted by Gasteiger charge is -2.41. The average Bonchev–Trinajstić information content (AvgIpc) is 3.56. The maximum atomic E-state index is 12.9. The number of pyridine rings is 2. The molecular weight excluding hydrogens is 473 g/mol. The molecule has 1 aliphatic heterocycles. The molecule has 1 saturated carbocycles. The predicted octanol–water partition coefficient (Wildman–Crippen LogP) is 4.66. The summed E-state index contributed by atoms with van der Waals surface area (Å²) in [7, 11) is 0. The Morgan fingerprint density at radius 2 is 1.94 bits per heavy atom. The van der Waals surface area contributed by atoms with Crippen molar-refractivity contribution in [3.8, 4) is 11.6 Å². The van der Waals surface area contributed by atoms with Gasteiger partial charge in [0.15, 0.2) is 6.29 Å². The van der Waals surface area contributed by atoms with Crippen molar-refractivity contribution >= 4 is 12.1 Å². The van der Waals surface area contributed by atoms with Crippen molar-refractivity contribution in [2.45, 2.75) is 64.4 Å². The molecule has 1 aliphatic carbocycles. The van der Waals surface area contributed by atoms with Crippen LogP contribution in [0.5, 0.6) is 5.88 Å². The summed E-state index contributed by atoms with van der Waals surface area (Å²) in [5.41, 5.74) is 0.803. The molecule has 4 heterocycles. The molecule has 0 amide bonds. The van der Waals surface area contributed by atoms with E-state index in [0.29, 0.717) is 29.6 Å². The Kier molecular flexibility index (Phi) is 6.17. The number of hydrogen-bond acceptors (Lipinski definition) is 7. The number of carbonyl (C=O) groups excluding carboxylic acids is 1. The van der Waals surface area contributed by atoms with Crippen LogP contribution in [0.15, 0.2) is 36.8 Å². The van der Waals surface area contributed by atoms with Gasteiger partial charge in [0.25, 0.3) is 0 Å². The van der Waals surface area contributed by atoms with Crippen molar-refractivity contribution in [2.24, 2.45) is 11.8 Å². The van der Waals surface area contributed by atoms with Crippen molar-refractivity contribution in [3.63, 3.8) is 0 Å². The van der Waals surface area contributed by atoms with E-state index in [0.717, 1.165) is 37.1 Å². The van der Waals surface area contributed by atoms with E-state index >= 15 is 0 Å². The van der Waals surface area contributed by atoms with Gasteiger partial charge in [-0.3, -0.25) is 4.79 Å². The molecule has 5 rings (SSSR count). The number of halogens is 3. The normalized spacial score (nSPS) is 23.5. The van der Waals surface area contributed by atoms with Crippen LogP contribution in [-0.4, -0.2) is 49.4 Å². The number of piperidine rings is 1. The summed E-state index contributed by atoms with van der Waals surface area (Å²) in [6, 6.07) is 4.29. The van der Waals surface area contributed by atoms with Gasteiger partial charge >= 0.3 is 6.18 Å². The summed E-state index contributed by atoms with van der Waals surface area (Å²) in [5.74, 6) is 1.66. The summed E-state index contributed by atoms with van der Waals surface area (Å²) in [6.45, 7) is 6.29. The Hall–Kier alpha value is -3.50. The molecule has 0 radical (unpaired) electrons. The molecule has 3 aromatic rings. The van der Waals surface area contributed by atoms with Crippen LogP contribution in [0.25, 0.3) is 5.69 Å². The molecule has 0 spiro atoms. The van der Waals surface area contributed by atoms with Crippen LogP contribution in [0.3, 0.4) is 0 Å². The van der Waals surface area contributed by atoms with Crippen molar-refractivity contribution in [3.05, 3.63) is 53.6 Å². The third kappa shape index (κ3) is 4.42. The van der Waals surface area contributed by atoms with Crippen molar-refractivity contribution in [1.29, 1.82) is 0 Å². The zero-order valence-corrected chi connectivity index (χ0v) is 20.2. The Morgan fingerprint density at radius 3 is 2.56 bits per heavy atom. The van der Waals surface area contributed by atoms with E-state index in [2.05, 4.69) is 33.9 Å². The van der Waals surface area contributed by atoms with E-state index in [1.807, 2.05) is 13.0 Å². The molecule has 0 N–H and O–H groups in total. The van der Waals surface area contributed by atoms with E-state index in [9.17, 15) is 18.0 Å². The van der Waals surface area contributed by atoms with Crippen LogP contribution in [0.2, 0.25) is 0 Å². The number of rotatable bonds is 7. The van der Waals surface area contributed by atoms with E-state index < -0.39 is 11.7 Å². The number of anilines is 1. The average molecular weight is 501 g/mol. The second kappa shape index (κ2) is 9.18. The topological polar surface area (TPSA) is 86.0 Å².